The molecular weight excluding hydrogens is 645 g/mol. The number of ether oxygens (including phenoxy) is 1. The van der Waals surface area contributed by atoms with E-state index in [4.69, 9.17) is 11.2 Å². The number of nitrogens with zero attached hydrogens (tertiary/aromatic N) is 2. The molecule has 5 aromatic carbocycles. The number of benzene rings is 4. The Morgan fingerprint density at radius 3 is 2.32 bits per heavy atom. The van der Waals surface area contributed by atoms with Gasteiger partial charge in [-0.25, -0.2) is 0 Å². The molecule has 3 aliphatic rings. The van der Waals surface area contributed by atoms with E-state index in [0.717, 1.165) is 48.1 Å². The predicted octanol–water partition coefficient (Wildman–Crippen LogP) is 11.9. The van der Waals surface area contributed by atoms with Crippen LogP contribution in [0, 0.1) is 24.5 Å². The predicted molar refractivity (Wildman–Crippen MR) is 219 cm³/mol. The standard InChI is InChI=1S/C50H36N2O/c1-3-4-25-49-33(2)50-37(32-53-49)17-14-24-47(50)51-45-23-13-10-20-40(45)42-30-35(27-29-46(42)51)36-26-28-41-39-19-9-12-22-44(39)52(48(41)31-36)43-21-11-8-18-38(43)34-15-6-5-7-16-34/h1,4-6,8-11,14-15,17-21,24-31H,12-13,22-23,32H2,2H3/b25-4-. The first-order valence-electron chi connectivity index (χ1n) is 18.4. The summed E-state index contributed by atoms with van der Waals surface area (Å²) < 4.78 is 11.1. The topological polar surface area (TPSA) is 19.1 Å². The first kappa shape index (κ1) is 31.1. The summed E-state index contributed by atoms with van der Waals surface area (Å²) in [5.74, 6) is 3.44. The van der Waals surface area contributed by atoms with Crippen LogP contribution in [0.2, 0.25) is 0 Å². The summed E-state index contributed by atoms with van der Waals surface area (Å²) in [6.07, 6.45) is 22.5. The van der Waals surface area contributed by atoms with Gasteiger partial charge < -0.3 is 13.9 Å². The molecule has 7 aromatic rings. The number of rotatable bonds is 5. The highest BCUT2D eigenvalue weighted by atomic mass is 16.5. The number of fused-ring (bicyclic) bond motifs is 7. The highest BCUT2D eigenvalue weighted by Crippen LogP contribution is 2.43. The van der Waals surface area contributed by atoms with Gasteiger partial charge in [0.1, 0.15) is 12.4 Å². The minimum absolute atomic E-state index is 0.520. The summed E-state index contributed by atoms with van der Waals surface area (Å²) in [5.41, 5.74) is 18.3. The fourth-order valence-corrected chi connectivity index (χ4v) is 8.77. The van der Waals surface area contributed by atoms with Gasteiger partial charge in [-0.15, -0.1) is 6.42 Å². The molecule has 0 radical (unpaired) electrons. The zero-order valence-electron chi connectivity index (χ0n) is 29.6. The molecular formula is C50H36N2O. The second-order valence-electron chi connectivity index (χ2n) is 14.1. The number of para-hydroxylation sites is 1. The molecule has 10 rings (SSSR count). The Hall–Kier alpha value is -6.68. The van der Waals surface area contributed by atoms with Crippen molar-refractivity contribution < 1.29 is 4.74 Å². The van der Waals surface area contributed by atoms with Gasteiger partial charge in [0, 0.05) is 55.6 Å². The first-order valence-corrected chi connectivity index (χ1v) is 18.4. The number of hydrogen-bond acceptors (Lipinski definition) is 1. The minimum Gasteiger partial charge on any atom is -0.489 e. The Bertz CT molecular complexity index is 2790. The van der Waals surface area contributed by atoms with E-state index >= 15 is 0 Å². The largest absolute Gasteiger partial charge is 0.489 e. The Morgan fingerprint density at radius 1 is 0.755 bits per heavy atom. The molecule has 0 saturated heterocycles. The summed E-state index contributed by atoms with van der Waals surface area (Å²) in [5, 5.41) is 2.55. The van der Waals surface area contributed by atoms with Crippen LogP contribution in [0.5, 0.6) is 0 Å². The molecule has 0 fully saturated rings. The fourth-order valence-electron chi connectivity index (χ4n) is 8.77. The molecule has 3 nitrogen and oxygen atoms in total. The molecule has 0 atom stereocenters. The lowest BCUT2D eigenvalue weighted by atomic mass is 9.95. The van der Waals surface area contributed by atoms with Crippen molar-refractivity contribution in [3.63, 3.8) is 0 Å². The fraction of sp³-hybridized carbons (Fsp3) is 0.120. The molecule has 252 valence electrons. The van der Waals surface area contributed by atoms with Gasteiger partial charge in [-0.2, -0.15) is 0 Å². The summed E-state index contributed by atoms with van der Waals surface area (Å²) >= 11 is 0. The maximum Gasteiger partial charge on any atom is 0.124 e. The van der Waals surface area contributed by atoms with E-state index in [1.54, 1.807) is 6.08 Å². The third-order valence-corrected chi connectivity index (χ3v) is 11.1. The molecule has 0 saturated carbocycles. The van der Waals surface area contributed by atoms with E-state index < -0.39 is 0 Å². The van der Waals surface area contributed by atoms with Crippen molar-refractivity contribution in [3.05, 3.63) is 173 Å². The lowest BCUT2D eigenvalue weighted by Gasteiger charge is -2.25. The summed E-state index contributed by atoms with van der Waals surface area (Å²) in [6.45, 7) is 2.66. The summed E-state index contributed by atoms with van der Waals surface area (Å²) in [6, 6.07) is 41.9. The van der Waals surface area contributed by atoms with Crippen molar-refractivity contribution in [2.75, 3.05) is 0 Å². The van der Waals surface area contributed by atoms with E-state index in [2.05, 4.69) is 143 Å². The molecule has 3 heteroatoms. The molecule has 0 spiro atoms. The van der Waals surface area contributed by atoms with E-state index in [1.807, 2.05) is 18.2 Å². The second-order valence-corrected chi connectivity index (χ2v) is 14.1. The Morgan fingerprint density at radius 2 is 1.51 bits per heavy atom. The van der Waals surface area contributed by atoms with Crippen molar-refractivity contribution in [2.24, 2.45) is 0 Å². The Kier molecular flexibility index (Phi) is 7.34. The number of terminal acetylenes is 1. The molecule has 53 heavy (non-hydrogen) atoms. The van der Waals surface area contributed by atoms with Gasteiger partial charge in [-0.05, 0) is 104 Å². The monoisotopic (exact) mass is 680 g/mol. The van der Waals surface area contributed by atoms with Crippen molar-refractivity contribution in [3.8, 4) is 46.0 Å². The van der Waals surface area contributed by atoms with Gasteiger partial charge in [0.05, 0.1) is 22.4 Å². The molecule has 3 heterocycles. The van der Waals surface area contributed by atoms with Gasteiger partial charge in [-0.3, -0.25) is 0 Å². The van der Waals surface area contributed by atoms with Gasteiger partial charge in [0.25, 0.3) is 0 Å². The van der Waals surface area contributed by atoms with Crippen LogP contribution in [0.25, 0.3) is 73.2 Å². The third-order valence-electron chi connectivity index (χ3n) is 11.1. The normalized spacial score (nSPS) is 14.6. The molecule has 2 aliphatic carbocycles. The maximum atomic E-state index is 6.15. The first-order chi connectivity index (χ1) is 26.2. The lowest BCUT2D eigenvalue weighted by molar-refractivity contribution is 0.207. The smallest absolute Gasteiger partial charge is 0.124 e. The molecule has 0 unspecified atom stereocenters. The van der Waals surface area contributed by atoms with Crippen LogP contribution < -0.4 is 0 Å². The number of allylic oxidation sites excluding steroid dienone is 5. The molecule has 0 amide bonds. The van der Waals surface area contributed by atoms with Gasteiger partial charge in [-0.1, -0.05) is 97.0 Å². The van der Waals surface area contributed by atoms with E-state index in [-0.39, 0.29) is 0 Å². The third kappa shape index (κ3) is 4.93. The average Bonchev–Trinajstić information content (AvgIpc) is 3.73. The zero-order chi connectivity index (χ0) is 35.5. The maximum absolute atomic E-state index is 6.15. The van der Waals surface area contributed by atoms with Crippen LogP contribution in [0.15, 0.2) is 127 Å². The molecule has 2 aromatic heterocycles. The minimum atomic E-state index is 0.520. The molecule has 0 bridgehead atoms. The van der Waals surface area contributed by atoms with Crippen molar-refractivity contribution >= 4 is 39.5 Å². The molecule has 0 N–H and O–H groups in total. The van der Waals surface area contributed by atoms with Crippen molar-refractivity contribution in [1.29, 1.82) is 0 Å². The van der Waals surface area contributed by atoms with E-state index in [1.165, 1.54) is 77.9 Å². The van der Waals surface area contributed by atoms with Gasteiger partial charge in [0.15, 0.2) is 0 Å². The quantitative estimate of drug-likeness (QED) is 0.166. The van der Waals surface area contributed by atoms with Crippen LogP contribution in [0.4, 0.5) is 0 Å². The van der Waals surface area contributed by atoms with Crippen LogP contribution in [-0.4, -0.2) is 9.13 Å². The van der Waals surface area contributed by atoms with Crippen molar-refractivity contribution in [1.82, 2.24) is 9.13 Å². The van der Waals surface area contributed by atoms with Crippen LogP contribution in [-0.2, 0) is 24.2 Å². The average molecular weight is 681 g/mol. The van der Waals surface area contributed by atoms with Crippen LogP contribution in [0.3, 0.4) is 0 Å². The van der Waals surface area contributed by atoms with Crippen LogP contribution >= 0.6 is 0 Å². The second kappa shape index (κ2) is 12.5. The van der Waals surface area contributed by atoms with E-state index in [9.17, 15) is 0 Å². The zero-order valence-corrected chi connectivity index (χ0v) is 29.6. The van der Waals surface area contributed by atoms with Crippen molar-refractivity contribution in [2.45, 2.75) is 39.2 Å². The number of aromatic nitrogens is 2. The summed E-state index contributed by atoms with van der Waals surface area (Å²) in [4.78, 5) is 0. The van der Waals surface area contributed by atoms with Gasteiger partial charge in [0.2, 0.25) is 0 Å². The lowest BCUT2D eigenvalue weighted by Crippen LogP contribution is -2.11. The highest BCUT2D eigenvalue weighted by Gasteiger charge is 2.26. The van der Waals surface area contributed by atoms with Crippen LogP contribution in [0.1, 0.15) is 53.4 Å². The SMILES string of the molecule is C#C/C=C\C1=C(C)c2c(cccc2-n2c3c(c4cc(-c5ccc6c7c(n(-c8ccccc8-c8c#cccc8)c6c5)CCC=C7)ccc42)C=CCC3)CO1. The Labute approximate surface area is 310 Å². The van der Waals surface area contributed by atoms with E-state index in [0.29, 0.717) is 6.61 Å². The Balaban J connectivity index is 1.16. The highest BCUT2D eigenvalue weighted by molar-refractivity contribution is 6.00. The van der Waals surface area contributed by atoms with Gasteiger partial charge >= 0.3 is 0 Å². The summed E-state index contributed by atoms with van der Waals surface area (Å²) in [7, 11) is 0. The molecule has 1 aliphatic heterocycles. The number of hydrogen-bond donors (Lipinski definition) is 0.